The van der Waals surface area contributed by atoms with E-state index in [9.17, 15) is 9.59 Å². The number of nitrogens with one attached hydrogen (secondary N) is 2. The maximum atomic E-state index is 11.5. The Morgan fingerprint density at radius 3 is 2.76 bits per heavy atom. The third kappa shape index (κ3) is 4.32. The van der Waals surface area contributed by atoms with Gasteiger partial charge in [0, 0.05) is 26.2 Å². The summed E-state index contributed by atoms with van der Waals surface area (Å²) in [4.78, 5) is 24.5. The van der Waals surface area contributed by atoms with Gasteiger partial charge in [-0.1, -0.05) is 13.3 Å². The van der Waals surface area contributed by atoms with Crippen LogP contribution in [0.1, 0.15) is 19.8 Å². The third-order valence-corrected chi connectivity index (χ3v) is 3.25. The number of hydrogen-bond donors (Lipinski definition) is 3. The van der Waals surface area contributed by atoms with Gasteiger partial charge >= 0.3 is 6.03 Å². The molecular weight excluding hydrogens is 220 g/mol. The van der Waals surface area contributed by atoms with Crippen LogP contribution >= 0.6 is 0 Å². The molecule has 1 saturated heterocycles. The van der Waals surface area contributed by atoms with E-state index in [2.05, 4.69) is 22.5 Å². The van der Waals surface area contributed by atoms with Gasteiger partial charge in [0.25, 0.3) is 0 Å². The van der Waals surface area contributed by atoms with Gasteiger partial charge < -0.3 is 11.1 Å². The number of amides is 3. The Labute approximate surface area is 102 Å². The Balaban J connectivity index is 2.37. The van der Waals surface area contributed by atoms with Crippen molar-refractivity contribution in [2.45, 2.75) is 25.8 Å². The van der Waals surface area contributed by atoms with Crippen LogP contribution in [0.2, 0.25) is 0 Å². The van der Waals surface area contributed by atoms with Crippen molar-refractivity contribution in [2.24, 2.45) is 11.7 Å². The van der Waals surface area contributed by atoms with Crippen LogP contribution in [0.4, 0.5) is 4.79 Å². The van der Waals surface area contributed by atoms with Gasteiger partial charge in [-0.2, -0.15) is 0 Å². The first kappa shape index (κ1) is 13.9. The lowest BCUT2D eigenvalue weighted by Gasteiger charge is -2.35. The van der Waals surface area contributed by atoms with Crippen molar-refractivity contribution >= 4 is 11.9 Å². The lowest BCUT2D eigenvalue weighted by Crippen LogP contribution is -2.50. The zero-order chi connectivity index (χ0) is 12.8. The summed E-state index contributed by atoms with van der Waals surface area (Å²) in [6.07, 6.45) is 1.93. The summed E-state index contributed by atoms with van der Waals surface area (Å²) in [5.41, 5.74) is 5.99. The van der Waals surface area contributed by atoms with Crippen LogP contribution < -0.4 is 16.4 Å². The molecule has 1 rings (SSSR count). The molecule has 1 aliphatic heterocycles. The van der Waals surface area contributed by atoms with E-state index < -0.39 is 6.03 Å². The van der Waals surface area contributed by atoms with E-state index in [-0.39, 0.29) is 18.5 Å². The average Bonchev–Trinajstić information content (AvgIpc) is 2.31. The molecule has 1 aliphatic rings. The Morgan fingerprint density at radius 2 is 2.18 bits per heavy atom. The average molecular weight is 242 g/mol. The molecule has 1 fully saturated rings. The molecule has 0 saturated carbocycles. The minimum atomic E-state index is -0.462. The first-order valence-corrected chi connectivity index (χ1v) is 6.06. The lowest BCUT2D eigenvalue weighted by atomic mass is 9.91. The molecule has 0 aromatic heterocycles. The maximum Gasteiger partial charge on any atom is 0.321 e. The molecule has 0 aromatic carbocycles. The number of carbonyl (C=O) groups is 2. The fourth-order valence-electron chi connectivity index (χ4n) is 2.13. The van der Waals surface area contributed by atoms with Crippen LogP contribution in [-0.4, -0.2) is 49.6 Å². The maximum absolute atomic E-state index is 11.5. The highest BCUT2D eigenvalue weighted by Gasteiger charge is 2.26. The zero-order valence-corrected chi connectivity index (χ0v) is 10.5. The van der Waals surface area contributed by atoms with Crippen molar-refractivity contribution in [1.29, 1.82) is 0 Å². The predicted molar refractivity (Wildman–Crippen MR) is 65.4 cm³/mol. The van der Waals surface area contributed by atoms with E-state index in [1.165, 1.54) is 7.05 Å². The molecule has 6 nitrogen and oxygen atoms in total. The largest absolute Gasteiger partial charge is 0.341 e. The second-order valence-corrected chi connectivity index (χ2v) is 4.48. The number of piperidine rings is 1. The fourth-order valence-corrected chi connectivity index (χ4v) is 2.13. The van der Waals surface area contributed by atoms with Crippen LogP contribution in [0.3, 0.4) is 0 Å². The summed E-state index contributed by atoms with van der Waals surface area (Å²) in [5, 5.41) is 4.61. The molecule has 4 N–H and O–H groups in total. The summed E-state index contributed by atoms with van der Waals surface area (Å²) >= 11 is 0. The summed E-state index contributed by atoms with van der Waals surface area (Å²) in [6, 6.07) is -0.228. The molecule has 2 atom stereocenters. The molecular formula is C11H22N4O2. The molecule has 1 heterocycles. The molecule has 0 aromatic rings. The highest BCUT2D eigenvalue weighted by molar-refractivity contribution is 5.95. The Morgan fingerprint density at radius 1 is 1.47 bits per heavy atom. The molecule has 17 heavy (non-hydrogen) atoms. The monoisotopic (exact) mass is 242 g/mol. The quantitative estimate of drug-likeness (QED) is 0.622. The summed E-state index contributed by atoms with van der Waals surface area (Å²) < 4.78 is 0. The molecule has 3 amide bonds. The van der Waals surface area contributed by atoms with Crippen molar-refractivity contribution in [2.75, 3.05) is 26.7 Å². The smallest absolute Gasteiger partial charge is 0.321 e. The van der Waals surface area contributed by atoms with Gasteiger partial charge in [0.1, 0.15) is 0 Å². The fraction of sp³-hybridized carbons (Fsp3) is 0.818. The summed E-state index contributed by atoms with van der Waals surface area (Å²) in [5.74, 6) is 0.172. The predicted octanol–water partition coefficient (Wildman–Crippen LogP) is -0.499. The van der Waals surface area contributed by atoms with Gasteiger partial charge in [0.15, 0.2) is 0 Å². The molecule has 0 spiro atoms. The van der Waals surface area contributed by atoms with Gasteiger partial charge in [-0.25, -0.2) is 4.79 Å². The van der Waals surface area contributed by atoms with Gasteiger partial charge in [0.2, 0.25) is 5.91 Å². The Hall–Kier alpha value is -1.14. The van der Waals surface area contributed by atoms with Crippen LogP contribution in [-0.2, 0) is 4.79 Å². The van der Waals surface area contributed by atoms with E-state index in [0.29, 0.717) is 5.92 Å². The van der Waals surface area contributed by atoms with Crippen molar-refractivity contribution in [1.82, 2.24) is 15.5 Å². The Kier molecular flexibility index (Phi) is 5.37. The molecule has 6 heteroatoms. The van der Waals surface area contributed by atoms with E-state index in [1.54, 1.807) is 0 Å². The highest BCUT2D eigenvalue weighted by atomic mass is 16.2. The van der Waals surface area contributed by atoms with Crippen LogP contribution in [0.25, 0.3) is 0 Å². The standard InChI is InChI=1S/C11H22N4O2/c1-3-8-6-15(5-4-9(8)12)7-10(16)14-11(17)13-2/h8-9H,3-7,12H2,1-2H3,(H2,13,14,16,17). The van der Waals surface area contributed by atoms with Crippen molar-refractivity contribution in [3.63, 3.8) is 0 Å². The van der Waals surface area contributed by atoms with E-state index in [1.807, 2.05) is 0 Å². The minimum absolute atomic E-state index is 0.234. The number of carbonyl (C=O) groups excluding carboxylic acids is 2. The van der Waals surface area contributed by atoms with Gasteiger partial charge in [-0.05, 0) is 12.3 Å². The summed E-state index contributed by atoms with van der Waals surface area (Å²) in [6.45, 7) is 4.02. The molecule has 0 bridgehead atoms. The van der Waals surface area contributed by atoms with E-state index >= 15 is 0 Å². The summed E-state index contributed by atoms with van der Waals surface area (Å²) in [7, 11) is 1.48. The normalized spacial score (nSPS) is 25.4. The van der Waals surface area contributed by atoms with Gasteiger partial charge in [-0.3, -0.25) is 15.0 Å². The number of nitrogens with two attached hydrogens (primary N) is 1. The second-order valence-electron chi connectivity index (χ2n) is 4.48. The highest BCUT2D eigenvalue weighted by Crippen LogP contribution is 2.17. The van der Waals surface area contributed by atoms with Gasteiger partial charge in [-0.15, -0.1) is 0 Å². The number of hydrogen-bond acceptors (Lipinski definition) is 4. The molecule has 98 valence electrons. The van der Waals surface area contributed by atoms with Gasteiger partial charge in [0.05, 0.1) is 6.54 Å². The Bertz CT molecular complexity index is 283. The van der Waals surface area contributed by atoms with Crippen molar-refractivity contribution in [3.8, 4) is 0 Å². The lowest BCUT2D eigenvalue weighted by molar-refractivity contribution is -0.121. The first-order valence-electron chi connectivity index (χ1n) is 6.06. The molecule has 0 aliphatic carbocycles. The van der Waals surface area contributed by atoms with Crippen LogP contribution in [0.15, 0.2) is 0 Å². The van der Waals surface area contributed by atoms with Crippen molar-refractivity contribution < 1.29 is 9.59 Å². The minimum Gasteiger partial charge on any atom is -0.341 e. The zero-order valence-electron chi connectivity index (χ0n) is 10.5. The van der Waals surface area contributed by atoms with Crippen LogP contribution in [0, 0.1) is 5.92 Å². The molecule has 0 radical (unpaired) electrons. The third-order valence-electron chi connectivity index (χ3n) is 3.25. The number of rotatable bonds is 3. The number of likely N-dealkylation sites (tertiary alicyclic amines) is 1. The molecule has 2 unspecified atom stereocenters. The number of imide groups is 1. The first-order chi connectivity index (χ1) is 8.06. The SMILES string of the molecule is CCC1CN(CC(=O)NC(=O)NC)CCC1N. The van der Waals surface area contributed by atoms with Crippen molar-refractivity contribution in [3.05, 3.63) is 0 Å². The number of nitrogens with zero attached hydrogens (tertiary/aromatic N) is 1. The second kappa shape index (κ2) is 6.56. The van der Waals surface area contributed by atoms with Crippen LogP contribution in [0.5, 0.6) is 0 Å². The van der Waals surface area contributed by atoms with E-state index in [4.69, 9.17) is 5.73 Å². The number of urea groups is 1. The topological polar surface area (TPSA) is 87.5 Å². The van der Waals surface area contributed by atoms with E-state index in [0.717, 1.165) is 25.9 Å².